The van der Waals surface area contributed by atoms with Gasteiger partial charge < -0.3 is 9.47 Å². The molecule has 0 aliphatic rings. The van der Waals surface area contributed by atoms with Crippen molar-refractivity contribution in [2.75, 3.05) is 7.11 Å². The molecule has 0 spiro atoms. The number of hydrogen-bond acceptors (Lipinski definition) is 2. The average Bonchev–Trinajstić information content (AvgIpc) is 2.57. The van der Waals surface area contributed by atoms with Gasteiger partial charge in [-0.25, -0.2) is 0 Å². The van der Waals surface area contributed by atoms with E-state index in [1.54, 1.807) is 7.11 Å². The molecule has 24 heavy (non-hydrogen) atoms. The van der Waals surface area contributed by atoms with E-state index in [9.17, 15) is 0 Å². The maximum absolute atomic E-state index is 6.28. The van der Waals surface area contributed by atoms with Gasteiger partial charge in [0.15, 0.2) is 0 Å². The van der Waals surface area contributed by atoms with Gasteiger partial charge in [-0.15, -0.1) is 0 Å². The number of benzene rings is 2. The molecule has 0 aliphatic heterocycles. The zero-order valence-electron chi connectivity index (χ0n) is 14.9. The molecule has 0 fully saturated rings. The summed E-state index contributed by atoms with van der Waals surface area (Å²) < 4.78 is 11.7. The molecule has 2 rings (SSSR count). The van der Waals surface area contributed by atoms with Crippen LogP contribution in [-0.4, -0.2) is 7.11 Å². The molecule has 4 heteroatoms. The third-order valence-electron chi connectivity index (χ3n) is 4.25. The van der Waals surface area contributed by atoms with E-state index in [1.165, 1.54) is 16.7 Å². The SMILES string of the molecule is COc1ccc(Oc2c(C)cc(CBr)c(CBr)c2C)cc1C(C)C. The quantitative estimate of drug-likeness (QED) is 0.435. The first-order chi connectivity index (χ1) is 11.4. The van der Waals surface area contributed by atoms with Gasteiger partial charge in [-0.1, -0.05) is 51.8 Å². The first kappa shape index (κ1) is 19.3. The van der Waals surface area contributed by atoms with E-state index in [0.29, 0.717) is 5.92 Å². The minimum atomic E-state index is 0.375. The highest BCUT2D eigenvalue weighted by Crippen LogP contribution is 2.37. The molecule has 2 aromatic carbocycles. The Morgan fingerprint density at radius 2 is 1.75 bits per heavy atom. The number of halogens is 2. The van der Waals surface area contributed by atoms with Gasteiger partial charge >= 0.3 is 0 Å². The van der Waals surface area contributed by atoms with Crippen molar-refractivity contribution in [3.63, 3.8) is 0 Å². The molecule has 2 nitrogen and oxygen atoms in total. The van der Waals surface area contributed by atoms with Crippen molar-refractivity contribution in [1.82, 2.24) is 0 Å². The Morgan fingerprint density at radius 1 is 1.04 bits per heavy atom. The molecule has 2 aromatic rings. The van der Waals surface area contributed by atoms with Crippen LogP contribution >= 0.6 is 31.9 Å². The summed E-state index contributed by atoms with van der Waals surface area (Å²) >= 11 is 7.18. The van der Waals surface area contributed by atoms with Gasteiger partial charge in [-0.3, -0.25) is 0 Å². The molecule has 0 saturated carbocycles. The van der Waals surface area contributed by atoms with Crippen molar-refractivity contribution >= 4 is 31.9 Å². The van der Waals surface area contributed by atoms with Crippen LogP contribution in [0.2, 0.25) is 0 Å². The lowest BCUT2D eigenvalue weighted by molar-refractivity contribution is 0.405. The van der Waals surface area contributed by atoms with Crippen LogP contribution in [0.1, 0.15) is 47.6 Å². The number of methoxy groups -OCH3 is 1. The minimum absolute atomic E-state index is 0.375. The Labute approximate surface area is 161 Å². The lowest BCUT2D eigenvalue weighted by Crippen LogP contribution is -2.00. The first-order valence-corrected chi connectivity index (χ1v) is 10.3. The van der Waals surface area contributed by atoms with Gasteiger partial charge in [0.1, 0.15) is 17.2 Å². The third-order valence-corrected chi connectivity index (χ3v) is 5.42. The Kier molecular flexibility index (Phi) is 6.76. The summed E-state index contributed by atoms with van der Waals surface area (Å²) in [6, 6.07) is 8.22. The Bertz CT molecular complexity index is 724. The highest BCUT2D eigenvalue weighted by atomic mass is 79.9. The monoisotopic (exact) mass is 454 g/mol. The minimum Gasteiger partial charge on any atom is -0.496 e. The van der Waals surface area contributed by atoms with Gasteiger partial charge in [-0.05, 0) is 60.2 Å². The first-order valence-electron chi connectivity index (χ1n) is 8.02. The average molecular weight is 456 g/mol. The molecule has 130 valence electrons. The summed E-state index contributed by atoms with van der Waals surface area (Å²) in [4.78, 5) is 0. The van der Waals surface area contributed by atoms with Gasteiger partial charge in [0.2, 0.25) is 0 Å². The molecule has 0 atom stereocenters. The lowest BCUT2D eigenvalue weighted by Gasteiger charge is -2.19. The summed E-state index contributed by atoms with van der Waals surface area (Å²) in [7, 11) is 1.71. The second-order valence-corrected chi connectivity index (χ2v) is 7.33. The largest absolute Gasteiger partial charge is 0.496 e. The number of aryl methyl sites for hydroxylation is 1. The number of hydrogen-bond donors (Lipinski definition) is 0. The van der Waals surface area contributed by atoms with Crippen LogP contribution in [0.3, 0.4) is 0 Å². The molecule has 0 amide bonds. The molecule has 0 unspecified atom stereocenters. The maximum atomic E-state index is 6.28. The van der Waals surface area contributed by atoms with Crippen molar-refractivity contribution < 1.29 is 9.47 Å². The van der Waals surface area contributed by atoms with Gasteiger partial charge in [-0.2, -0.15) is 0 Å². The Hall–Kier alpha value is -1.000. The van der Waals surface area contributed by atoms with Crippen molar-refractivity contribution in [2.24, 2.45) is 0 Å². The van der Waals surface area contributed by atoms with Crippen LogP contribution in [0.25, 0.3) is 0 Å². The van der Waals surface area contributed by atoms with Crippen molar-refractivity contribution in [1.29, 1.82) is 0 Å². The fourth-order valence-electron chi connectivity index (χ4n) is 2.89. The molecule has 0 aromatic heterocycles. The Balaban J connectivity index is 2.47. The standard InChI is InChI=1S/C20H24Br2O2/c1-12(2)17-9-16(6-7-19(17)23-5)24-20-13(3)8-15(10-21)18(11-22)14(20)4/h6-9,12H,10-11H2,1-5H3. The molecule has 0 bridgehead atoms. The summed E-state index contributed by atoms with van der Waals surface area (Å²) in [6.07, 6.45) is 0. The zero-order chi connectivity index (χ0) is 17.9. The smallest absolute Gasteiger partial charge is 0.133 e. The predicted octanol–water partition coefficient (Wildman–Crippen LogP) is 7.02. The highest BCUT2D eigenvalue weighted by molar-refractivity contribution is 9.09. The summed E-state index contributed by atoms with van der Waals surface area (Å²) in [6.45, 7) is 8.54. The maximum Gasteiger partial charge on any atom is 0.133 e. The second-order valence-electron chi connectivity index (χ2n) is 6.21. The number of alkyl halides is 2. The lowest BCUT2D eigenvalue weighted by atomic mass is 9.99. The third kappa shape index (κ3) is 3.97. The highest BCUT2D eigenvalue weighted by Gasteiger charge is 2.15. The van der Waals surface area contributed by atoms with E-state index >= 15 is 0 Å². The summed E-state index contributed by atoms with van der Waals surface area (Å²) in [5, 5.41) is 1.66. The topological polar surface area (TPSA) is 18.5 Å². The fourth-order valence-corrected chi connectivity index (χ4v) is 4.18. The van der Waals surface area contributed by atoms with E-state index in [-0.39, 0.29) is 0 Å². The van der Waals surface area contributed by atoms with Gasteiger partial charge in [0, 0.05) is 16.2 Å². The van der Waals surface area contributed by atoms with E-state index in [2.05, 4.69) is 71.7 Å². The van der Waals surface area contributed by atoms with E-state index in [1.807, 2.05) is 12.1 Å². The number of rotatable bonds is 6. The zero-order valence-corrected chi connectivity index (χ0v) is 18.0. The predicted molar refractivity (Wildman–Crippen MR) is 108 cm³/mol. The van der Waals surface area contributed by atoms with Crippen molar-refractivity contribution in [2.45, 2.75) is 44.3 Å². The van der Waals surface area contributed by atoms with E-state index in [4.69, 9.17) is 9.47 Å². The van der Waals surface area contributed by atoms with Gasteiger partial charge in [0.25, 0.3) is 0 Å². The summed E-state index contributed by atoms with van der Waals surface area (Å²) in [5.41, 5.74) is 6.07. The van der Waals surface area contributed by atoms with Crippen LogP contribution < -0.4 is 9.47 Å². The van der Waals surface area contributed by atoms with Crippen molar-refractivity contribution in [3.05, 3.63) is 52.1 Å². The molecule has 0 aliphatic carbocycles. The number of ether oxygens (including phenoxy) is 2. The molecule has 0 N–H and O–H groups in total. The van der Waals surface area contributed by atoms with Crippen LogP contribution in [0.5, 0.6) is 17.2 Å². The second kappa shape index (κ2) is 8.39. The van der Waals surface area contributed by atoms with Crippen molar-refractivity contribution in [3.8, 4) is 17.2 Å². The van der Waals surface area contributed by atoms with E-state index in [0.717, 1.165) is 39.0 Å². The molecule has 0 radical (unpaired) electrons. The van der Waals surface area contributed by atoms with Crippen LogP contribution in [0.15, 0.2) is 24.3 Å². The molecular formula is C20H24Br2O2. The Morgan fingerprint density at radius 3 is 2.29 bits per heavy atom. The fraction of sp³-hybridized carbons (Fsp3) is 0.400. The van der Waals surface area contributed by atoms with Crippen LogP contribution in [0, 0.1) is 13.8 Å². The van der Waals surface area contributed by atoms with Gasteiger partial charge in [0.05, 0.1) is 7.11 Å². The van der Waals surface area contributed by atoms with Crippen LogP contribution in [-0.2, 0) is 10.7 Å². The molecule has 0 saturated heterocycles. The van der Waals surface area contributed by atoms with Crippen LogP contribution in [0.4, 0.5) is 0 Å². The molecule has 0 heterocycles. The molecular weight excluding hydrogens is 432 g/mol. The normalized spacial score (nSPS) is 11.0. The van der Waals surface area contributed by atoms with E-state index < -0.39 is 0 Å². The summed E-state index contributed by atoms with van der Waals surface area (Å²) in [5.74, 6) is 3.06.